The van der Waals surface area contributed by atoms with Gasteiger partial charge in [-0.2, -0.15) is 10.2 Å². The van der Waals surface area contributed by atoms with Crippen LogP contribution in [0.2, 0.25) is 5.02 Å². The van der Waals surface area contributed by atoms with Gasteiger partial charge in [-0.25, -0.2) is 9.37 Å². The van der Waals surface area contributed by atoms with E-state index in [0.717, 1.165) is 42.1 Å². The first kappa shape index (κ1) is 18.6. The van der Waals surface area contributed by atoms with Gasteiger partial charge in [0.15, 0.2) is 0 Å². The van der Waals surface area contributed by atoms with E-state index < -0.39 is 5.54 Å². The van der Waals surface area contributed by atoms with Gasteiger partial charge in [0.05, 0.1) is 39.1 Å². The lowest BCUT2D eigenvalue weighted by Gasteiger charge is -2.36. The average molecular weight is 476 g/mol. The molecule has 1 aliphatic rings. The summed E-state index contributed by atoms with van der Waals surface area (Å²) in [5.74, 6) is 0.477. The summed E-state index contributed by atoms with van der Waals surface area (Å²) < 4.78 is 14.4. The third-order valence-electron chi connectivity index (χ3n) is 5.54. The molecule has 5 rings (SSSR count). The summed E-state index contributed by atoms with van der Waals surface area (Å²) in [6.45, 7) is 2.98. The number of fused-ring (bicyclic) bond motifs is 1. The van der Waals surface area contributed by atoms with Crippen LogP contribution in [-0.4, -0.2) is 31.5 Å². The zero-order valence-electron chi connectivity index (χ0n) is 15.5. The molecule has 4 aromatic rings. The molecule has 0 saturated carbocycles. The monoisotopic (exact) mass is 474 g/mol. The van der Waals surface area contributed by atoms with E-state index in [1.54, 1.807) is 23.3 Å². The minimum Gasteiger partial charge on any atom is -0.357 e. The van der Waals surface area contributed by atoms with E-state index >= 15 is 0 Å². The number of rotatable bonds is 3. The Kier molecular flexibility index (Phi) is 4.36. The molecule has 0 spiro atoms. The summed E-state index contributed by atoms with van der Waals surface area (Å²) in [6.07, 6.45) is 5.18. The van der Waals surface area contributed by atoms with Crippen molar-refractivity contribution in [2.75, 3.05) is 11.4 Å². The van der Waals surface area contributed by atoms with Crippen molar-refractivity contribution in [3.05, 3.63) is 63.9 Å². The number of hydrogen-bond acceptors (Lipinski definition) is 4. The molecule has 9 heteroatoms. The molecule has 0 bridgehead atoms. The third kappa shape index (κ3) is 3.02. The van der Waals surface area contributed by atoms with Crippen LogP contribution in [0.3, 0.4) is 0 Å². The highest BCUT2D eigenvalue weighted by atomic mass is 79.9. The lowest BCUT2D eigenvalue weighted by Crippen LogP contribution is -2.40. The second kappa shape index (κ2) is 6.81. The first-order chi connectivity index (χ1) is 14.0. The van der Waals surface area contributed by atoms with Crippen molar-refractivity contribution >= 4 is 44.3 Å². The SMILES string of the molecule is C[C@@]1(c2nc3cc(Br)c(F)cc3[nH]2)CCCN1c1cc(Cl)ccc1-n1nccn1. The number of imidazole rings is 1. The van der Waals surface area contributed by atoms with Crippen LogP contribution >= 0.6 is 27.5 Å². The Bertz CT molecular complexity index is 1170. The molecule has 148 valence electrons. The third-order valence-corrected chi connectivity index (χ3v) is 6.38. The molecule has 6 nitrogen and oxygen atoms in total. The van der Waals surface area contributed by atoms with Crippen LogP contribution in [-0.2, 0) is 5.54 Å². The van der Waals surface area contributed by atoms with Crippen molar-refractivity contribution in [3.63, 3.8) is 0 Å². The number of H-pyrrole nitrogens is 1. The predicted molar refractivity (Wildman–Crippen MR) is 114 cm³/mol. The summed E-state index contributed by atoms with van der Waals surface area (Å²) in [5, 5.41) is 9.22. The molecule has 0 radical (unpaired) electrons. The Morgan fingerprint density at radius 3 is 2.76 bits per heavy atom. The van der Waals surface area contributed by atoms with Gasteiger partial charge in [-0.15, -0.1) is 4.80 Å². The second-order valence-corrected chi connectivity index (χ2v) is 8.64. The Morgan fingerprint density at radius 2 is 1.97 bits per heavy atom. The highest BCUT2D eigenvalue weighted by molar-refractivity contribution is 9.10. The molecule has 2 aromatic heterocycles. The van der Waals surface area contributed by atoms with E-state index in [2.05, 4.69) is 42.9 Å². The van der Waals surface area contributed by atoms with Crippen molar-refractivity contribution in [3.8, 4) is 5.69 Å². The molecule has 2 aromatic carbocycles. The number of aromatic nitrogens is 5. The minimum absolute atomic E-state index is 0.317. The molecule has 0 amide bonds. The van der Waals surface area contributed by atoms with Crippen molar-refractivity contribution in [1.29, 1.82) is 0 Å². The van der Waals surface area contributed by atoms with Crippen LogP contribution in [0.4, 0.5) is 10.1 Å². The van der Waals surface area contributed by atoms with E-state index in [9.17, 15) is 4.39 Å². The first-order valence-corrected chi connectivity index (χ1v) is 10.4. The first-order valence-electron chi connectivity index (χ1n) is 9.25. The smallest absolute Gasteiger partial charge is 0.139 e. The molecule has 1 atom stereocenters. The molecule has 1 aliphatic heterocycles. The largest absolute Gasteiger partial charge is 0.357 e. The van der Waals surface area contributed by atoms with Gasteiger partial charge < -0.3 is 9.88 Å². The van der Waals surface area contributed by atoms with E-state index in [1.165, 1.54) is 6.07 Å². The van der Waals surface area contributed by atoms with Crippen LogP contribution in [0.25, 0.3) is 16.7 Å². The van der Waals surface area contributed by atoms with Gasteiger partial charge in [0, 0.05) is 17.6 Å². The number of nitrogens with one attached hydrogen (secondary N) is 1. The molecule has 29 heavy (non-hydrogen) atoms. The number of nitrogens with zero attached hydrogens (tertiary/aromatic N) is 5. The normalized spacial score (nSPS) is 19.4. The van der Waals surface area contributed by atoms with Gasteiger partial charge in [0.2, 0.25) is 0 Å². The molecule has 1 fully saturated rings. The van der Waals surface area contributed by atoms with Crippen molar-refractivity contribution in [2.45, 2.75) is 25.3 Å². The fourth-order valence-corrected chi connectivity index (χ4v) is 4.58. The van der Waals surface area contributed by atoms with E-state index in [0.29, 0.717) is 15.0 Å². The van der Waals surface area contributed by atoms with E-state index in [-0.39, 0.29) is 5.82 Å². The minimum atomic E-state index is -0.408. The van der Waals surface area contributed by atoms with Crippen LogP contribution < -0.4 is 4.90 Å². The maximum atomic E-state index is 14.0. The molecular weight excluding hydrogens is 459 g/mol. The van der Waals surface area contributed by atoms with Crippen molar-refractivity contribution in [1.82, 2.24) is 25.0 Å². The number of anilines is 1. The number of halogens is 3. The van der Waals surface area contributed by atoms with Gasteiger partial charge in [-0.1, -0.05) is 11.6 Å². The zero-order valence-corrected chi connectivity index (χ0v) is 17.9. The molecule has 1 N–H and O–H groups in total. The van der Waals surface area contributed by atoms with Crippen LogP contribution in [0.1, 0.15) is 25.6 Å². The van der Waals surface area contributed by atoms with E-state index in [1.807, 2.05) is 18.2 Å². The van der Waals surface area contributed by atoms with Crippen LogP contribution in [0.5, 0.6) is 0 Å². The predicted octanol–water partition coefficient (Wildman–Crippen LogP) is 5.21. The van der Waals surface area contributed by atoms with Gasteiger partial charge >= 0.3 is 0 Å². The zero-order chi connectivity index (χ0) is 20.2. The summed E-state index contributed by atoms with van der Waals surface area (Å²) >= 11 is 9.59. The van der Waals surface area contributed by atoms with Crippen molar-refractivity contribution in [2.24, 2.45) is 0 Å². The number of hydrogen-bond donors (Lipinski definition) is 1. The number of benzene rings is 2. The summed E-state index contributed by atoms with van der Waals surface area (Å²) in [4.78, 5) is 12.0. The standard InChI is InChI=1S/C20H17BrClFN6/c1-20(19-26-15-10-13(21)14(23)11-16(15)27-19)5-2-8-28(20)18-9-12(22)3-4-17(18)29-24-6-7-25-29/h3-4,6-7,9-11H,2,5,8H2,1H3,(H,26,27)/t20-/m0/s1. The van der Waals surface area contributed by atoms with Crippen LogP contribution in [0.15, 0.2) is 47.2 Å². The van der Waals surface area contributed by atoms with Crippen molar-refractivity contribution < 1.29 is 4.39 Å². The molecule has 0 aliphatic carbocycles. The Balaban J connectivity index is 1.65. The maximum absolute atomic E-state index is 14.0. The van der Waals surface area contributed by atoms with Gasteiger partial charge in [0.1, 0.15) is 17.3 Å². The Hall–Kier alpha value is -2.45. The van der Waals surface area contributed by atoms with Gasteiger partial charge in [-0.05, 0) is 60.0 Å². The Labute approximate surface area is 179 Å². The maximum Gasteiger partial charge on any atom is 0.139 e. The molecular formula is C20H17BrClFN6. The van der Waals surface area contributed by atoms with Gasteiger partial charge in [-0.3, -0.25) is 0 Å². The highest BCUT2D eigenvalue weighted by Crippen LogP contribution is 2.43. The summed E-state index contributed by atoms with van der Waals surface area (Å²) in [6, 6.07) is 8.85. The fraction of sp³-hybridized carbons (Fsp3) is 0.250. The van der Waals surface area contributed by atoms with Gasteiger partial charge in [0.25, 0.3) is 0 Å². The van der Waals surface area contributed by atoms with E-state index in [4.69, 9.17) is 16.6 Å². The molecule has 3 heterocycles. The second-order valence-electron chi connectivity index (χ2n) is 7.35. The Morgan fingerprint density at radius 1 is 1.17 bits per heavy atom. The highest BCUT2D eigenvalue weighted by Gasteiger charge is 2.42. The molecule has 1 saturated heterocycles. The summed E-state index contributed by atoms with van der Waals surface area (Å²) in [7, 11) is 0. The summed E-state index contributed by atoms with van der Waals surface area (Å²) in [5.41, 5.74) is 2.77. The molecule has 0 unspecified atom stereocenters. The fourth-order valence-electron chi connectivity index (χ4n) is 4.08. The quantitative estimate of drug-likeness (QED) is 0.442. The average Bonchev–Trinajstić information content (AvgIpc) is 3.42. The topological polar surface area (TPSA) is 62.6 Å². The number of aromatic amines is 1. The van der Waals surface area contributed by atoms with Crippen LogP contribution in [0, 0.1) is 5.82 Å². The lowest BCUT2D eigenvalue weighted by atomic mass is 9.97. The lowest BCUT2D eigenvalue weighted by molar-refractivity contribution is 0.466.